The molecule has 1 fully saturated rings. The van der Waals surface area contributed by atoms with Crippen LogP contribution in [0.25, 0.3) is 0 Å². The highest BCUT2D eigenvalue weighted by atomic mass is 32.1. The molecular weight excluding hydrogens is 340 g/mol. The first-order valence-electron chi connectivity index (χ1n) is 7.90. The van der Waals surface area contributed by atoms with Crippen LogP contribution in [0.3, 0.4) is 0 Å². The first-order valence-corrected chi connectivity index (χ1v) is 8.78. The van der Waals surface area contributed by atoms with E-state index in [0.29, 0.717) is 10.8 Å². The smallest absolute Gasteiger partial charge is 0.325 e. The van der Waals surface area contributed by atoms with Crippen molar-refractivity contribution < 1.29 is 14.4 Å². The molecule has 2 aromatic rings. The van der Waals surface area contributed by atoms with Crippen LogP contribution >= 0.6 is 11.3 Å². The minimum atomic E-state index is -0.878. The van der Waals surface area contributed by atoms with Crippen LogP contribution in [0, 0.1) is 0 Å². The second-order valence-corrected chi connectivity index (χ2v) is 6.85. The van der Waals surface area contributed by atoms with Crippen molar-refractivity contribution in [1.29, 1.82) is 0 Å². The summed E-state index contributed by atoms with van der Waals surface area (Å²) >= 11 is 1.34. The molecule has 0 unspecified atom stereocenters. The molecule has 8 heteroatoms. The fraction of sp³-hybridized carbons (Fsp3) is 0.294. The van der Waals surface area contributed by atoms with E-state index in [0.717, 1.165) is 10.6 Å². The molecular formula is C17H18N4O3S. The Bertz CT molecular complexity index is 803. The lowest BCUT2D eigenvalue weighted by Gasteiger charge is -2.12. The third kappa shape index (κ3) is 3.69. The van der Waals surface area contributed by atoms with Crippen molar-refractivity contribution in [3.8, 4) is 0 Å². The maximum atomic E-state index is 12.4. The van der Waals surface area contributed by atoms with Gasteiger partial charge in [0.25, 0.3) is 5.91 Å². The number of hydrogen-bond acceptors (Lipinski definition) is 5. The summed E-state index contributed by atoms with van der Waals surface area (Å²) in [4.78, 5) is 42.1. The standard InChI is InChI=1S/C17H18N4O3S/c1-10(2)13-9-25-16(18-13)20-14(22)8-12-15(23)21(17(24)19-12)11-6-4-3-5-7-11/h3-7,9-10,12H,8H2,1-2H3,(H,19,24)(H,18,20,22)/t12-/m0/s1. The van der Waals surface area contributed by atoms with E-state index in [-0.39, 0.29) is 18.2 Å². The Hall–Kier alpha value is -2.74. The zero-order valence-corrected chi connectivity index (χ0v) is 14.7. The lowest BCUT2D eigenvalue weighted by atomic mass is 10.2. The summed E-state index contributed by atoms with van der Waals surface area (Å²) in [5, 5.41) is 7.61. The highest BCUT2D eigenvalue weighted by molar-refractivity contribution is 7.13. The Labute approximate surface area is 149 Å². The molecule has 1 aromatic carbocycles. The van der Waals surface area contributed by atoms with E-state index < -0.39 is 18.0 Å². The number of amides is 4. The summed E-state index contributed by atoms with van der Waals surface area (Å²) in [6.07, 6.45) is -0.134. The number of benzene rings is 1. The second kappa shape index (κ2) is 7.02. The average molecular weight is 358 g/mol. The van der Waals surface area contributed by atoms with Crippen LogP contribution in [0.15, 0.2) is 35.7 Å². The molecule has 130 valence electrons. The monoisotopic (exact) mass is 358 g/mol. The molecule has 25 heavy (non-hydrogen) atoms. The number of thiazole rings is 1. The van der Waals surface area contributed by atoms with Gasteiger partial charge in [0.05, 0.1) is 17.8 Å². The van der Waals surface area contributed by atoms with E-state index in [4.69, 9.17) is 0 Å². The van der Waals surface area contributed by atoms with E-state index in [2.05, 4.69) is 15.6 Å². The molecule has 4 amide bonds. The Morgan fingerprint density at radius 2 is 2.04 bits per heavy atom. The molecule has 0 bridgehead atoms. The summed E-state index contributed by atoms with van der Waals surface area (Å²) in [5.41, 5.74) is 1.38. The maximum absolute atomic E-state index is 12.4. The number of imide groups is 1. The molecule has 0 radical (unpaired) electrons. The SMILES string of the molecule is CC(C)c1csc(NC(=O)C[C@@H]2NC(=O)N(c3ccccc3)C2=O)n1. The predicted octanol–water partition coefficient (Wildman–Crippen LogP) is 2.72. The number of hydrogen-bond donors (Lipinski definition) is 2. The van der Waals surface area contributed by atoms with Gasteiger partial charge in [-0.1, -0.05) is 32.0 Å². The molecule has 7 nitrogen and oxygen atoms in total. The van der Waals surface area contributed by atoms with Crippen molar-refractivity contribution in [2.24, 2.45) is 0 Å². The third-order valence-electron chi connectivity index (χ3n) is 3.78. The second-order valence-electron chi connectivity index (χ2n) is 6.00. The van der Waals surface area contributed by atoms with Gasteiger partial charge in [0.2, 0.25) is 5.91 Å². The van der Waals surface area contributed by atoms with Crippen LogP contribution in [-0.2, 0) is 9.59 Å². The Kier molecular flexibility index (Phi) is 4.80. The van der Waals surface area contributed by atoms with Gasteiger partial charge in [-0.3, -0.25) is 9.59 Å². The zero-order chi connectivity index (χ0) is 18.0. The van der Waals surface area contributed by atoms with E-state index in [1.807, 2.05) is 19.2 Å². The van der Waals surface area contributed by atoms with Crippen molar-refractivity contribution >= 4 is 40.0 Å². The molecule has 1 saturated heterocycles. The summed E-state index contributed by atoms with van der Waals surface area (Å²) in [7, 11) is 0. The summed E-state index contributed by atoms with van der Waals surface area (Å²) in [6.45, 7) is 4.04. The number of nitrogens with zero attached hydrogens (tertiary/aromatic N) is 2. The first kappa shape index (κ1) is 17.1. The van der Waals surface area contributed by atoms with E-state index in [1.54, 1.807) is 30.3 Å². The van der Waals surface area contributed by atoms with Crippen LogP contribution in [0.2, 0.25) is 0 Å². The van der Waals surface area contributed by atoms with Crippen LogP contribution in [0.4, 0.5) is 15.6 Å². The van der Waals surface area contributed by atoms with Gasteiger partial charge in [-0.25, -0.2) is 14.7 Å². The van der Waals surface area contributed by atoms with E-state index >= 15 is 0 Å². The van der Waals surface area contributed by atoms with Crippen molar-refractivity contribution in [1.82, 2.24) is 10.3 Å². The highest BCUT2D eigenvalue weighted by Gasteiger charge is 2.40. The summed E-state index contributed by atoms with van der Waals surface area (Å²) < 4.78 is 0. The molecule has 2 N–H and O–H groups in total. The normalized spacial score (nSPS) is 17.1. The number of aromatic nitrogens is 1. The van der Waals surface area contributed by atoms with Gasteiger partial charge in [-0.05, 0) is 18.1 Å². The Balaban J connectivity index is 1.64. The lowest BCUT2D eigenvalue weighted by molar-refractivity contribution is -0.122. The average Bonchev–Trinajstić information content (AvgIpc) is 3.13. The molecule has 0 spiro atoms. The van der Waals surface area contributed by atoms with Gasteiger partial charge in [-0.15, -0.1) is 11.3 Å². The van der Waals surface area contributed by atoms with Crippen LogP contribution < -0.4 is 15.5 Å². The summed E-state index contributed by atoms with van der Waals surface area (Å²) in [6, 6.07) is 7.22. The van der Waals surface area contributed by atoms with Gasteiger partial charge in [0.15, 0.2) is 5.13 Å². The van der Waals surface area contributed by atoms with Crippen LogP contribution in [0.5, 0.6) is 0 Å². The Morgan fingerprint density at radius 3 is 2.68 bits per heavy atom. The molecule has 3 rings (SSSR count). The number of anilines is 2. The van der Waals surface area contributed by atoms with Gasteiger partial charge >= 0.3 is 6.03 Å². The third-order valence-corrected chi connectivity index (χ3v) is 4.56. The maximum Gasteiger partial charge on any atom is 0.329 e. The number of nitrogens with one attached hydrogen (secondary N) is 2. The quantitative estimate of drug-likeness (QED) is 0.804. The highest BCUT2D eigenvalue weighted by Crippen LogP contribution is 2.23. The molecule has 1 aromatic heterocycles. The molecule has 2 heterocycles. The van der Waals surface area contributed by atoms with Gasteiger partial charge < -0.3 is 10.6 Å². The first-order chi connectivity index (χ1) is 12.0. The topological polar surface area (TPSA) is 91.4 Å². The number of carbonyl (C=O) groups excluding carboxylic acids is 3. The van der Waals surface area contributed by atoms with E-state index in [1.165, 1.54) is 11.3 Å². The molecule has 1 atom stereocenters. The van der Waals surface area contributed by atoms with Crippen molar-refractivity contribution in [3.63, 3.8) is 0 Å². The summed E-state index contributed by atoms with van der Waals surface area (Å²) in [5.74, 6) is -0.524. The minimum Gasteiger partial charge on any atom is -0.325 e. The van der Waals surface area contributed by atoms with Gasteiger partial charge in [-0.2, -0.15) is 0 Å². The Morgan fingerprint density at radius 1 is 1.32 bits per heavy atom. The number of para-hydroxylation sites is 1. The molecule has 0 aliphatic carbocycles. The number of urea groups is 1. The number of carbonyl (C=O) groups is 3. The van der Waals surface area contributed by atoms with Crippen molar-refractivity contribution in [2.75, 3.05) is 10.2 Å². The van der Waals surface area contributed by atoms with Crippen molar-refractivity contribution in [2.45, 2.75) is 32.2 Å². The number of rotatable bonds is 5. The van der Waals surface area contributed by atoms with Crippen LogP contribution in [-0.4, -0.2) is 28.9 Å². The molecule has 1 aliphatic heterocycles. The lowest BCUT2D eigenvalue weighted by Crippen LogP contribution is -2.34. The molecule has 0 saturated carbocycles. The minimum absolute atomic E-state index is 0.134. The van der Waals surface area contributed by atoms with Gasteiger partial charge in [0, 0.05) is 5.38 Å². The predicted molar refractivity (Wildman–Crippen MR) is 95.7 cm³/mol. The molecule has 1 aliphatic rings. The zero-order valence-electron chi connectivity index (χ0n) is 13.9. The van der Waals surface area contributed by atoms with Crippen LogP contribution in [0.1, 0.15) is 31.9 Å². The largest absolute Gasteiger partial charge is 0.329 e. The fourth-order valence-electron chi connectivity index (χ4n) is 2.46. The fourth-order valence-corrected chi connectivity index (χ4v) is 3.34. The van der Waals surface area contributed by atoms with E-state index in [9.17, 15) is 14.4 Å². The van der Waals surface area contributed by atoms with Gasteiger partial charge in [0.1, 0.15) is 6.04 Å². The van der Waals surface area contributed by atoms with Crippen molar-refractivity contribution in [3.05, 3.63) is 41.4 Å².